The number of hydrogen-bond acceptors (Lipinski definition) is 4. The molecule has 0 bridgehead atoms. The smallest absolute Gasteiger partial charge is 0.338 e. The van der Waals surface area contributed by atoms with Gasteiger partial charge in [0.15, 0.2) is 0 Å². The van der Waals surface area contributed by atoms with Gasteiger partial charge in [-0.3, -0.25) is 0 Å². The molecule has 116 valence electrons. The molecule has 0 radical (unpaired) electrons. The van der Waals surface area contributed by atoms with Crippen molar-refractivity contribution in [2.24, 2.45) is 5.41 Å². The number of anilines is 1. The molecule has 1 saturated carbocycles. The third-order valence-electron chi connectivity index (χ3n) is 4.10. The first-order valence-corrected chi connectivity index (χ1v) is 7.64. The third-order valence-corrected chi connectivity index (χ3v) is 4.10. The van der Waals surface area contributed by atoms with Crippen LogP contribution < -0.4 is 10.5 Å². The van der Waals surface area contributed by atoms with Crippen LogP contribution in [0.2, 0.25) is 0 Å². The highest BCUT2D eigenvalue weighted by molar-refractivity contribution is 5.91. The number of nitrogen functional groups attached to an aromatic ring is 1. The third kappa shape index (κ3) is 4.13. The summed E-state index contributed by atoms with van der Waals surface area (Å²) < 4.78 is 11.0. The minimum absolute atomic E-state index is 0.216. The lowest BCUT2D eigenvalue weighted by Gasteiger charge is -2.34. The second-order valence-corrected chi connectivity index (χ2v) is 6.45. The van der Waals surface area contributed by atoms with Gasteiger partial charge in [0.05, 0.1) is 24.0 Å². The zero-order valence-electron chi connectivity index (χ0n) is 13.1. The van der Waals surface area contributed by atoms with E-state index in [1.165, 1.54) is 12.8 Å². The Bertz CT molecular complexity index is 501. The summed E-state index contributed by atoms with van der Waals surface area (Å²) in [4.78, 5) is 11.7. The standard InChI is InChI=1S/C17H25NO3/c1-4-20-16(19)12-5-6-15(14(18)11-12)21-13-7-9-17(2,3)10-8-13/h5-6,11,13H,4,7-10,18H2,1-3H3. The van der Waals surface area contributed by atoms with Gasteiger partial charge in [-0.2, -0.15) is 0 Å². The molecule has 2 rings (SSSR count). The first-order chi connectivity index (χ1) is 9.91. The lowest BCUT2D eigenvalue weighted by atomic mass is 9.76. The van der Waals surface area contributed by atoms with Crippen LogP contribution in [0.15, 0.2) is 18.2 Å². The monoisotopic (exact) mass is 291 g/mol. The number of benzene rings is 1. The summed E-state index contributed by atoms with van der Waals surface area (Å²) in [6, 6.07) is 5.10. The van der Waals surface area contributed by atoms with E-state index < -0.39 is 0 Å². The molecule has 21 heavy (non-hydrogen) atoms. The maximum Gasteiger partial charge on any atom is 0.338 e. The molecule has 4 nitrogen and oxygen atoms in total. The molecule has 1 aromatic rings. The summed E-state index contributed by atoms with van der Waals surface area (Å²) in [5, 5.41) is 0. The maximum atomic E-state index is 11.7. The molecule has 1 aliphatic rings. The van der Waals surface area contributed by atoms with E-state index in [-0.39, 0.29) is 12.1 Å². The van der Waals surface area contributed by atoms with Gasteiger partial charge >= 0.3 is 5.97 Å². The van der Waals surface area contributed by atoms with Crippen LogP contribution >= 0.6 is 0 Å². The first kappa shape index (κ1) is 15.7. The molecule has 0 saturated heterocycles. The SMILES string of the molecule is CCOC(=O)c1ccc(OC2CCC(C)(C)CC2)c(N)c1. The predicted molar refractivity (Wildman–Crippen MR) is 83.5 cm³/mol. The number of carbonyl (C=O) groups is 1. The number of esters is 1. The van der Waals surface area contributed by atoms with Crippen LogP contribution in [-0.2, 0) is 4.74 Å². The van der Waals surface area contributed by atoms with Gasteiger partial charge in [0, 0.05) is 0 Å². The number of ether oxygens (including phenoxy) is 2. The minimum Gasteiger partial charge on any atom is -0.488 e. The molecular weight excluding hydrogens is 266 g/mol. The van der Waals surface area contributed by atoms with Gasteiger partial charge in [0.2, 0.25) is 0 Å². The summed E-state index contributed by atoms with van der Waals surface area (Å²) >= 11 is 0. The van der Waals surface area contributed by atoms with Gasteiger partial charge in [-0.25, -0.2) is 4.79 Å². The van der Waals surface area contributed by atoms with Crippen molar-refractivity contribution in [2.45, 2.75) is 52.6 Å². The number of nitrogens with two attached hydrogens (primary N) is 1. The highest BCUT2D eigenvalue weighted by Gasteiger charge is 2.28. The zero-order chi connectivity index (χ0) is 15.5. The van der Waals surface area contributed by atoms with Gasteiger partial charge in [-0.15, -0.1) is 0 Å². The fourth-order valence-corrected chi connectivity index (χ4v) is 2.67. The normalized spacial score (nSPS) is 18.2. The Hall–Kier alpha value is -1.71. The number of hydrogen-bond donors (Lipinski definition) is 1. The molecule has 0 spiro atoms. The van der Waals surface area contributed by atoms with Gasteiger partial charge in [-0.1, -0.05) is 13.8 Å². The zero-order valence-corrected chi connectivity index (χ0v) is 13.1. The highest BCUT2D eigenvalue weighted by atomic mass is 16.5. The van der Waals surface area contributed by atoms with E-state index >= 15 is 0 Å². The van der Waals surface area contributed by atoms with Crippen LogP contribution in [0.4, 0.5) is 5.69 Å². The van der Waals surface area contributed by atoms with Crippen molar-refractivity contribution in [3.8, 4) is 5.75 Å². The molecule has 0 aromatic heterocycles. The molecule has 2 N–H and O–H groups in total. The Morgan fingerprint density at radius 2 is 2.00 bits per heavy atom. The summed E-state index contributed by atoms with van der Waals surface area (Å²) in [6.07, 6.45) is 4.64. The fraction of sp³-hybridized carbons (Fsp3) is 0.588. The van der Waals surface area contributed by atoms with Crippen LogP contribution in [0.25, 0.3) is 0 Å². The molecule has 0 heterocycles. The summed E-state index contributed by atoms with van der Waals surface area (Å²) in [7, 11) is 0. The molecule has 1 aromatic carbocycles. The molecule has 4 heteroatoms. The van der Waals surface area contributed by atoms with Crippen LogP contribution in [0, 0.1) is 5.41 Å². The van der Waals surface area contributed by atoms with Crippen LogP contribution in [0.1, 0.15) is 56.8 Å². The molecule has 0 amide bonds. The maximum absolute atomic E-state index is 11.7. The first-order valence-electron chi connectivity index (χ1n) is 7.64. The Balaban J connectivity index is 2.00. The van der Waals surface area contributed by atoms with E-state index in [9.17, 15) is 4.79 Å². The minimum atomic E-state index is -0.352. The highest BCUT2D eigenvalue weighted by Crippen LogP contribution is 2.37. The average molecular weight is 291 g/mol. The summed E-state index contributed by atoms with van der Waals surface area (Å²) in [5.74, 6) is 0.308. The van der Waals surface area contributed by atoms with E-state index in [1.54, 1.807) is 25.1 Å². The molecule has 1 aliphatic carbocycles. The van der Waals surface area contributed by atoms with E-state index in [4.69, 9.17) is 15.2 Å². The van der Waals surface area contributed by atoms with Gasteiger partial charge in [0.1, 0.15) is 5.75 Å². The fourth-order valence-electron chi connectivity index (χ4n) is 2.67. The van der Waals surface area contributed by atoms with Crippen LogP contribution in [0.3, 0.4) is 0 Å². The quantitative estimate of drug-likeness (QED) is 0.677. The van der Waals surface area contributed by atoms with Crippen molar-refractivity contribution in [2.75, 3.05) is 12.3 Å². The molecular formula is C17H25NO3. The Labute approximate surface area is 126 Å². The largest absolute Gasteiger partial charge is 0.488 e. The molecule has 0 unspecified atom stereocenters. The Morgan fingerprint density at radius 3 is 2.57 bits per heavy atom. The predicted octanol–water partition coefficient (Wildman–Crippen LogP) is 3.79. The summed E-state index contributed by atoms with van der Waals surface area (Å²) in [6.45, 7) is 6.73. The molecule has 1 fully saturated rings. The molecule has 0 aliphatic heterocycles. The van der Waals surface area contributed by atoms with E-state index in [0.717, 1.165) is 12.8 Å². The molecule has 0 atom stereocenters. The van der Waals surface area contributed by atoms with Crippen molar-refractivity contribution in [1.82, 2.24) is 0 Å². The van der Waals surface area contributed by atoms with Crippen molar-refractivity contribution in [1.29, 1.82) is 0 Å². The van der Waals surface area contributed by atoms with E-state index in [0.29, 0.717) is 29.0 Å². The Morgan fingerprint density at radius 1 is 1.33 bits per heavy atom. The van der Waals surface area contributed by atoms with Gasteiger partial charge in [0.25, 0.3) is 0 Å². The topological polar surface area (TPSA) is 61.5 Å². The van der Waals surface area contributed by atoms with Crippen molar-refractivity contribution >= 4 is 11.7 Å². The van der Waals surface area contributed by atoms with Crippen molar-refractivity contribution in [3.05, 3.63) is 23.8 Å². The van der Waals surface area contributed by atoms with Crippen LogP contribution in [0.5, 0.6) is 5.75 Å². The number of carbonyl (C=O) groups excluding carboxylic acids is 1. The van der Waals surface area contributed by atoms with Gasteiger partial charge in [-0.05, 0) is 56.2 Å². The van der Waals surface area contributed by atoms with Crippen LogP contribution in [-0.4, -0.2) is 18.7 Å². The van der Waals surface area contributed by atoms with Crippen molar-refractivity contribution < 1.29 is 14.3 Å². The second kappa shape index (κ2) is 6.37. The van der Waals surface area contributed by atoms with Gasteiger partial charge < -0.3 is 15.2 Å². The van der Waals surface area contributed by atoms with E-state index in [2.05, 4.69) is 13.8 Å². The second-order valence-electron chi connectivity index (χ2n) is 6.45. The summed E-state index contributed by atoms with van der Waals surface area (Å²) in [5.41, 5.74) is 7.36. The van der Waals surface area contributed by atoms with Crippen molar-refractivity contribution in [3.63, 3.8) is 0 Å². The van der Waals surface area contributed by atoms with E-state index in [1.807, 2.05) is 0 Å². The average Bonchev–Trinajstić information content (AvgIpc) is 2.43. The Kier molecular flexibility index (Phi) is 4.76. The lowest BCUT2D eigenvalue weighted by Crippen LogP contribution is -2.28. The number of rotatable bonds is 4. The lowest BCUT2D eigenvalue weighted by molar-refractivity contribution is 0.0526.